The molecule has 0 bridgehead atoms. The Morgan fingerprint density at radius 2 is 1.60 bits per heavy atom. The summed E-state index contributed by atoms with van der Waals surface area (Å²) in [6, 6.07) is 32.6. The van der Waals surface area contributed by atoms with Crippen molar-refractivity contribution in [2.75, 3.05) is 30.4 Å². The zero-order chi connectivity index (χ0) is 29.4. The number of hydrogen-bond acceptors (Lipinski definition) is 5. The van der Waals surface area contributed by atoms with E-state index in [-0.39, 0.29) is 12.4 Å². The number of carbonyl (C=O) groups excluding carboxylic acids is 1. The van der Waals surface area contributed by atoms with Crippen molar-refractivity contribution in [3.63, 3.8) is 0 Å². The Labute approximate surface area is 256 Å². The lowest BCUT2D eigenvalue weighted by molar-refractivity contribution is -0.139. The predicted octanol–water partition coefficient (Wildman–Crippen LogP) is 8.41. The van der Waals surface area contributed by atoms with Crippen LogP contribution >= 0.6 is 0 Å². The molecule has 2 heterocycles. The molecule has 1 saturated carbocycles. The van der Waals surface area contributed by atoms with Gasteiger partial charge in [-0.25, -0.2) is 4.98 Å². The minimum atomic E-state index is -0.223. The van der Waals surface area contributed by atoms with E-state index in [4.69, 9.17) is 9.72 Å². The maximum atomic E-state index is 11.8. The molecule has 5 nitrogen and oxygen atoms in total. The van der Waals surface area contributed by atoms with Gasteiger partial charge >= 0.3 is 5.97 Å². The van der Waals surface area contributed by atoms with E-state index in [0.717, 1.165) is 35.6 Å². The van der Waals surface area contributed by atoms with Crippen LogP contribution < -0.4 is 10.2 Å². The molecule has 5 heteroatoms. The average molecular weight is 574 g/mol. The molecule has 0 unspecified atom stereocenters. The summed E-state index contributed by atoms with van der Waals surface area (Å²) in [6.45, 7) is 2.29. The molecule has 1 N–H and O–H groups in total. The fraction of sp³-hybridized carbons (Fsp3) is 0.368. The first-order valence-corrected chi connectivity index (χ1v) is 15.9. The number of esters is 1. The van der Waals surface area contributed by atoms with Gasteiger partial charge in [-0.2, -0.15) is 0 Å². The number of rotatable bonds is 9. The molecule has 6 rings (SSSR count). The van der Waals surface area contributed by atoms with Crippen LogP contribution in [-0.4, -0.2) is 37.2 Å². The minimum Gasteiger partial charge on any atom is -0.469 e. The molecule has 3 aromatic carbocycles. The first-order valence-electron chi connectivity index (χ1n) is 15.9. The molecular formula is C38H43N3O2. The number of carbonyl (C=O) groups is 1. The van der Waals surface area contributed by atoms with Crippen molar-refractivity contribution < 1.29 is 9.53 Å². The van der Waals surface area contributed by atoms with Gasteiger partial charge in [0.05, 0.1) is 13.5 Å². The topological polar surface area (TPSA) is 54.5 Å². The van der Waals surface area contributed by atoms with Crippen LogP contribution in [0.15, 0.2) is 97.2 Å². The number of pyridine rings is 1. The quantitative estimate of drug-likeness (QED) is 0.204. The highest BCUT2D eigenvalue weighted by Crippen LogP contribution is 2.36. The normalized spacial score (nSPS) is 20.4. The van der Waals surface area contributed by atoms with Gasteiger partial charge in [-0.3, -0.25) is 4.79 Å². The number of aromatic nitrogens is 1. The molecule has 1 aliphatic heterocycles. The monoisotopic (exact) mass is 573 g/mol. The van der Waals surface area contributed by atoms with Crippen LogP contribution in [0.1, 0.15) is 50.5 Å². The van der Waals surface area contributed by atoms with E-state index in [2.05, 4.69) is 83.0 Å². The molecule has 4 aromatic rings. The van der Waals surface area contributed by atoms with Crippen molar-refractivity contribution in [2.24, 2.45) is 11.8 Å². The van der Waals surface area contributed by atoms with Crippen LogP contribution in [0.5, 0.6) is 0 Å². The van der Waals surface area contributed by atoms with E-state index in [1.54, 1.807) is 0 Å². The number of benzene rings is 3. The molecule has 1 aliphatic carbocycles. The number of ether oxygens (including phenoxy) is 1. The molecule has 0 amide bonds. The molecule has 3 atom stereocenters. The SMILES string of the molecule is COC(=O)Cc1cccc(-c2ccnc(N[C@@H]3CCCC[C@H]3C[C@H]3CCCN(c4ccc(-c5ccccc5)cc4)C3)c2)c1. The Bertz CT molecular complexity index is 1490. The van der Waals surface area contributed by atoms with Gasteiger partial charge in [0.15, 0.2) is 0 Å². The van der Waals surface area contributed by atoms with E-state index in [1.165, 1.54) is 68.9 Å². The Kier molecular flexibility index (Phi) is 9.37. The van der Waals surface area contributed by atoms with Gasteiger partial charge in [0, 0.05) is 31.0 Å². The third-order valence-electron chi connectivity index (χ3n) is 9.33. The number of nitrogens with one attached hydrogen (secondary N) is 1. The van der Waals surface area contributed by atoms with Crippen LogP contribution in [0, 0.1) is 11.8 Å². The van der Waals surface area contributed by atoms with Crippen LogP contribution in [0.3, 0.4) is 0 Å². The predicted molar refractivity (Wildman–Crippen MR) is 176 cm³/mol. The van der Waals surface area contributed by atoms with E-state index < -0.39 is 0 Å². The number of methoxy groups -OCH3 is 1. The largest absolute Gasteiger partial charge is 0.469 e. The van der Waals surface area contributed by atoms with Gasteiger partial charge in [0.1, 0.15) is 5.82 Å². The molecule has 2 fully saturated rings. The van der Waals surface area contributed by atoms with Crippen molar-refractivity contribution in [1.29, 1.82) is 0 Å². The van der Waals surface area contributed by atoms with Crippen molar-refractivity contribution in [2.45, 2.75) is 57.4 Å². The molecule has 1 saturated heterocycles. The van der Waals surface area contributed by atoms with Crippen molar-refractivity contribution in [1.82, 2.24) is 4.98 Å². The molecule has 2 aliphatic rings. The lowest BCUT2D eigenvalue weighted by atomic mass is 9.77. The van der Waals surface area contributed by atoms with Crippen LogP contribution in [0.4, 0.5) is 11.5 Å². The van der Waals surface area contributed by atoms with Crippen LogP contribution in [-0.2, 0) is 16.0 Å². The van der Waals surface area contributed by atoms with E-state index in [0.29, 0.717) is 17.9 Å². The smallest absolute Gasteiger partial charge is 0.309 e. The molecule has 222 valence electrons. The highest BCUT2D eigenvalue weighted by Gasteiger charge is 2.30. The first-order chi connectivity index (χ1) is 21.1. The maximum Gasteiger partial charge on any atom is 0.309 e. The van der Waals surface area contributed by atoms with Gasteiger partial charge in [-0.05, 0) is 96.0 Å². The number of anilines is 2. The minimum absolute atomic E-state index is 0.223. The summed E-state index contributed by atoms with van der Waals surface area (Å²) < 4.78 is 4.85. The fourth-order valence-electron chi connectivity index (χ4n) is 7.07. The average Bonchev–Trinajstić information content (AvgIpc) is 3.06. The Hall–Kier alpha value is -4.12. The standard InChI is InChI=1S/C38H43N3O2/c1-43-38(42)25-28-9-7-14-32(23-28)33-20-21-39-37(26-33)40-36-15-6-5-13-34(36)24-29-10-8-22-41(27-29)35-18-16-31(17-19-35)30-11-3-2-4-12-30/h2-4,7,9,11-12,14,16-21,23,26,29,34,36H,5-6,8,10,13,15,22,24-25,27H2,1H3,(H,39,40)/t29-,34+,36-/m1/s1. The Morgan fingerprint density at radius 1 is 0.837 bits per heavy atom. The molecular weight excluding hydrogens is 530 g/mol. The van der Waals surface area contributed by atoms with Gasteiger partial charge in [-0.15, -0.1) is 0 Å². The highest BCUT2D eigenvalue weighted by molar-refractivity contribution is 5.74. The van der Waals surface area contributed by atoms with E-state index in [9.17, 15) is 4.79 Å². The zero-order valence-electron chi connectivity index (χ0n) is 25.3. The third-order valence-corrected chi connectivity index (χ3v) is 9.33. The fourth-order valence-corrected chi connectivity index (χ4v) is 7.07. The second kappa shape index (κ2) is 13.9. The van der Waals surface area contributed by atoms with Gasteiger partial charge < -0.3 is 15.0 Å². The number of hydrogen-bond donors (Lipinski definition) is 1. The summed E-state index contributed by atoms with van der Waals surface area (Å²) in [5.74, 6) is 2.09. The second-order valence-electron chi connectivity index (χ2n) is 12.3. The number of nitrogens with zero attached hydrogens (tertiary/aromatic N) is 2. The Balaban J connectivity index is 1.09. The van der Waals surface area contributed by atoms with Crippen LogP contribution in [0.2, 0.25) is 0 Å². The van der Waals surface area contributed by atoms with Crippen molar-refractivity contribution >= 4 is 17.5 Å². The van der Waals surface area contributed by atoms with Gasteiger partial charge in [0.2, 0.25) is 0 Å². The third kappa shape index (κ3) is 7.45. The lowest BCUT2D eigenvalue weighted by Gasteiger charge is -2.39. The van der Waals surface area contributed by atoms with Gasteiger partial charge in [-0.1, -0.05) is 79.6 Å². The van der Waals surface area contributed by atoms with E-state index >= 15 is 0 Å². The Morgan fingerprint density at radius 3 is 2.44 bits per heavy atom. The van der Waals surface area contributed by atoms with E-state index in [1.807, 2.05) is 24.4 Å². The summed E-state index contributed by atoms with van der Waals surface area (Å²) in [7, 11) is 1.43. The second-order valence-corrected chi connectivity index (χ2v) is 12.3. The summed E-state index contributed by atoms with van der Waals surface area (Å²) in [4.78, 5) is 19.1. The maximum absolute atomic E-state index is 11.8. The molecule has 1 aromatic heterocycles. The number of piperidine rings is 1. The lowest BCUT2D eigenvalue weighted by Crippen LogP contribution is -2.39. The van der Waals surface area contributed by atoms with Crippen molar-refractivity contribution in [3.8, 4) is 22.3 Å². The summed E-state index contributed by atoms with van der Waals surface area (Å²) >= 11 is 0. The molecule has 0 radical (unpaired) electrons. The highest BCUT2D eigenvalue weighted by atomic mass is 16.5. The summed E-state index contributed by atoms with van der Waals surface area (Å²) in [6.07, 6.45) is 11.1. The molecule has 0 spiro atoms. The zero-order valence-corrected chi connectivity index (χ0v) is 25.3. The summed E-state index contributed by atoms with van der Waals surface area (Å²) in [5.41, 5.74) is 7.05. The van der Waals surface area contributed by atoms with Crippen LogP contribution in [0.25, 0.3) is 22.3 Å². The van der Waals surface area contributed by atoms with Gasteiger partial charge in [0.25, 0.3) is 0 Å². The first kappa shape index (κ1) is 29.0. The molecule has 43 heavy (non-hydrogen) atoms. The summed E-state index contributed by atoms with van der Waals surface area (Å²) in [5, 5.41) is 3.85. The van der Waals surface area contributed by atoms with Crippen molar-refractivity contribution in [3.05, 3.63) is 103 Å².